The largest absolute Gasteiger partial charge is 0.497 e. The Balaban J connectivity index is 1.57. The highest BCUT2D eigenvalue weighted by atomic mass is 32.2. The van der Waals surface area contributed by atoms with Gasteiger partial charge in [-0.25, -0.2) is 13.4 Å². The van der Waals surface area contributed by atoms with E-state index in [0.717, 1.165) is 11.3 Å². The Morgan fingerprint density at radius 3 is 2.30 bits per heavy atom. The molecule has 2 aromatic carbocycles. The summed E-state index contributed by atoms with van der Waals surface area (Å²) in [5.74, 6) is 0.548. The molecule has 0 atom stereocenters. The number of aryl methyl sites for hydroxylation is 1. The lowest BCUT2D eigenvalue weighted by Gasteiger charge is -2.10. The van der Waals surface area contributed by atoms with Crippen LogP contribution in [0.4, 0.5) is 0 Å². The van der Waals surface area contributed by atoms with Crippen LogP contribution in [0.1, 0.15) is 30.9 Å². The van der Waals surface area contributed by atoms with Crippen LogP contribution in [0.5, 0.6) is 11.5 Å². The first kappa shape index (κ1) is 24.3. The molecule has 0 bridgehead atoms. The first-order valence-electron chi connectivity index (χ1n) is 10.5. The van der Waals surface area contributed by atoms with Gasteiger partial charge in [-0.2, -0.15) is 0 Å². The summed E-state index contributed by atoms with van der Waals surface area (Å²) in [7, 11) is -2.16. The number of sulfone groups is 1. The Kier molecular flexibility index (Phi) is 7.75. The topological polar surface area (TPSA) is 108 Å². The van der Waals surface area contributed by atoms with Gasteiger partial charge in [-0.3, -0.25) is 4.79 Å². The molecule has 0 aliphatic heterocycles. The highest BCUT2D eigenvalue weighted by Crippen LogP contribution is 2.25. The van der Waals surface area contributed by atoms with Crippen LogP contribution >= 0.6 is 0 Å². The molecule has 176 valence electrons. The maximum atomic E-state index is 12.6. The summed E-state index contributed by atoms with van der Waals surface area (Å²) in [5, 5.41) is 2.64. The number of amides is 1. The van der Waals surface area contributed by atoms with Gasteiger partial charge in [0.2, 0.25) is 11.8 Å². The van der Waals surface area contributed by atoms with Crippen molar-refractivity contribution in [1.82, 2.24) is 10.3 Å². The molecular formula is C24H28N2O6S. The molecule has 8 nitrogen and oxygen atoms in total. The highest BCUT2D eigenvalue weighted by molar-refractivity contribution is 7.91. The maximum Gasteiger partial charge on any atom is 0.235 e. The third-order valence-electron chi connectivity index (χ3n) is 4.72. The third-order valence-corrected chi connectivity index (χ3v) is 6.14. The van der Waals surface area contributed by atoms with Gasteiger partial charge >= 0.3 is 0 Å². The number of nitrogens with zero attached hydrogens (tertiary/aromatic N) is 1. The number of ether oxygens (including phenoxy) is 2. The number of hydrogen-bond donors (Lipinski definition) is 1. The first-order valence-corrected chi connectivity index (χ1v) is 12.3. The lowest BCUT2D eigenvalue weighted by Crippen LogP contribution is -2.30. The van der Waals surface area contributed by atoms with Gasteiger partial charge in [-0.1, -0.05) is 12.1 Å². The van der Waals surface area contributed by atoms with Gasteiger partial charge in [0, 0.05) is 12.1 Å². The number of hydrogen-bond acceptors (Lipinski definition) is 7. The average Bonchev–Trinajstić information content (AvgIpc) is 3.12. The van der Waals surface area contributed by atoms with Crippen LogP contribution in [-0.4, -0.2) is 38.3 Å². The van der Waals surface area contributed by atoms with Crippen LogP contribution in [0.2, 0.25) is 0 Å². The Bertz CT molecular complexity index is 1180. The zero-order valence-electron chi connectivity index (χ0n) is 19.1. The minimum atomic E-state index is -3.74. The predicted molar refractivity (Wildman–Crippen MR) is 125 cm³/mol. The van der Waals surface area contributed by atoms with E-state index in [-0.39, 0.29) is 24.1 Å². The second-order valence-electron chi connectivity index (χ2n) is 7.87. The fourth-order valence-corrected chi connectivity index (χ4v) is 4.38. The lowest BCUT2D eigenvalue weighted by atomic mass is 10.2. The minimum absolute atomic E-state index is 0.0707. The van der Waals surface area contributed by atoms with Crippen LogP contribution in [0.25, 0.3) is 11.5 Å². The van der Waals surface area contributed by atoms with E-state index in [2.05, 4.69) is 10.3 Å². The van der Waals surface area contributed by atoms with Gasteiger partial charge in [-0.05, 0) is 62.7 Å². The monoisotopic (exact) mass is 472 g/mol. The molecule has 0 saturated carbocycles. The zero-order chi connectivity index (χ0) is 24.0. The molecule has 1 aromatic heterocycles. The summed E-state index contributed by atoms with van der Waals surface area (Å²) >= 11 is 0. The molecule has 0 fully saturated rings. The van der Waals surface area contributed by atoms with Crippen molar-refractivity contribution in [2.45, 2.75) is 39.2 Å². The van der Waals surface area contributed by atoms with Gasteiger partial charge in [0.15, 0.2) is 9.84 Å². The van der Waals surface area contributed by atoms with Crippen molar-refractivity contribution in [3.63, 3.8) is 0 Å². The SMILES string of the molecule is COc1ccc(-c2nc(CS(=O)(=O)CC(=O)NCc3ccc(OC(C)C)cc3)c(C)o2)cc1. The molecule has 0 saturated heterocycles. The van der Waals surface area contributed by atoms with Gasteiger partial charge < -0.3 is 19.2 Å². The van der Waals surface area contributed by atoms with Gasteiger partial charge in [-0.15, -0.1) is 0 Å². The lowest BCUT2D eigenvalue weighted by molar-refractivity contribution is -0.118. The fraction of sp³-hybridized carbons (Fsp3) is 0.333. The molecule has 3 aromatic rings. The molecule has 0 unspecified atom stereocenters. The summed E-state index contributed by atoms with van der Waals surface area (Å²) < 4.78 is 41.5. The number of carbonyl (C=O) groups is 1. The molecule has 0 aliphatic carbocycles. The molecule has 9 heteroatoms. The predicted octanol–water partition coefficient (Wildman–Crippen LogP) is 3.68. The van der Waals surface area contributed by atoms with Crippen LogP contribution in [0.15, 0.2) is 52.9 Å². The molecule has 1 amide bonds. The summed E-state index contributed by atoms with van der Waals surface area (Å²) in [5.41, 5.74) is 1.83. The third kappa shape index (κ3) is 7.08. The van der Waals surface area contributed by atoms with E-state index in [1.54, 1.807) is 38.3 Å². The second kappa shape index (κ2) is 10.5. The summed E-state index contributed by atoms with van der Waals surface area (Å²) in [6.07, 6.45) is 0.0707. The van der Waals surface area contributed by atoms with Gasteiger partial charge in [0.25, 0.3) is 0 Å². The maximum absolute atomic E-state index is 12.6. The molecular weight excluding hydrogens is 444 g/mol. The first-order chi connectivity index (χ1) is 15.6. The van der Waals surface area contributed by atoms with Crippen molar-refractivity contribution < 1.29 is 27.1 Å². The molecule has 33 heavy (non-hydrogen) atoms. The summed E-state index contributed by atoms with van der Waals surface area (Å²) in [6, 6.07) is 14.4. The minimum Gasteiger partial charge on any atom is -0.497 e. The standard InChI is InChI=1S/C24H28N2O6S/c1-16(2)31-21-9-5-18(6-10-21)13-25-23(27)15-33(28,29)14-22-17(3)32-24(26-22)19-7-11-20(30-4)12-8-19/h5-12,16H,13-15H2,1-4H3,(H,25,27). The zero-order valence-corrected chi connectivity index (χ0v) is 19.9. The van der Waals surface area contributed by atoms with E-state index < -0.39 is 21.5 Å². The molecule has 0 spiro atoms. The number of nitrogens with one attached hydrogen (secondary N) is 1. The van der Waals surface area contributed by atoms with Crippen LogP contribution in [0, 0.1) is 6.92 Å². The van der Waals surface area contributed by atoms with Crippen molar-refractivity contribution in [3.05, 3.63) is 65.5 Å². The van der Waals surface area contributed by atoms with E-state index >= 15 is 0 Å². The number of oxazole rings is 1. The number of aromatic nitrogens is 1. The van der Waals surface area contributed by atoms with Crippen molar-refractivity contribution >= 4 is 15.7 Å². The number of carbonyl (C=O) groups excluding carboxylic acids is 1. The van der Waals surface area contributed by atoms with Crippen LogP contribution in [-0.2, 0) is 26.9 Å². The Morgan fingerprint density at radius 1 is 1.06 bits per heavy atom. The smallest absolute Gasteiger partial charge is 0.235 e. The number of benzene rings is 2. The van der Waals surface area contributed by atoms with E-state index in [1.165, 1.54) is 0 Å². The van der Waals surface area contributed by atoms with E-state index in [9.17, 15) is 13.2 Å². The van der Waals surface area contributed by atoms with Gasteiger partial charge in [0.05, 0.1) is 24.7 Å². The van der Waals surface area contributed by atoms with Crippen molar-refractivity contribution in [3.8, 4) is 23.0 Å². The Hall–Kier alpha value is -3.33. The van der Waals surface area contributed by atoms with Crippen molar-refractivity contribution in [2.24, 2.45) is 0 Å². The van der Waals surface area contributed by atoms with Crippen molar-refractivity contribution in [2.75, 3.05) is 12.9 Å². The molecule has 0 radical (unpaired) electrons. The second-order valence-corrected chi connectivity index (χ2v) is 9.93. The molecule has 0 aliphatic rings. The number of rotatable bonds is 10. The number of methoxy groups -OCH3 is 1. The normalized spacial score (nSPS) is 11.4. The Labute approximate surface area is 193 Å². The van der Waals surface area contributed by atoms with Crippen LogP contribution < -0.4 is 14.8 Å². The van der Waals surface area contributed by atoms with Crippen molar-refractivity contribution in [1.29, 1.82) is 0 Å². The average molecular weight is 473 g/mol. The summed E-state index contributed by atoms with van der Waals surface area (Å²) in [4.78, 5) is 16.6. The summed E-state index contributed by atoms with van der Waals surface area (Å²) in [6.45, 7) is 5.75. The van der Waals surface area contributed by atoms with Gasteiger partial charge in [0.1, 0.15) is 23.0 Å². The molecule has 3 rings (SSSR count). The molecule has 1 N–H and O–H groups in total. The Morgan fingerprint density at radius 2 is 1.70 bits per heavy atom. The fourth-order valence-electron chi connectivity index (χ4n) is 3.09. The highest BCUT2D eigenvalue weighted by Gasteiger charge is 2.22. The van der Waals surface area contributed by atoms with E-state index in [0.29, 0.717) is 23.0 Å². The molecule has 1 heterocycles. The van der Waals surface area contributed by atoms with E-state index in [4.69, 9.17) is 13.9 Å². The van der Waals surface area contributed by atoms with E-state index in [1.807, 2.05) is 38.1 Å². The van der Waals surface area contributed by atoms with Crippen LogP contribution in [0.3, 0.4) is 0 Å². The quantitative estimate of drug-likeness (QED) is 0.480.